The van der Waals surface area contributed by atoms with Gasteiger partial charge < -0.3 is 25.4 Å². The molecule has 0 aromatic heterocycles. The Morgan fingerprint density at radius 1 is 1.28 bits per heavy atom. The van der Waals surface area contributed by atoms with Gasteiger partial charge in [0.2, 0.25) is 12.7 Å². The van der Waals surface area contributed by atoms with Crippen LogP contribution in [-0.2, 0) is 11.2 Å². The van der Waals surface area contributed by atoms with E-state index >= 15 is 0 Å². The number of carbonyl (C=O) groups is 2. The summed E-state index contributed by atoms with van der Waals surface area (Å²) < 4.78 is 10.7. The second-order valence-corrected chi connectivity index (χ2v) is 7.02. The van der Waals surface area contributed by atoms with Crippen LogP contribution in [0.25, 0.3) is 0 Å². The molecule has 0 spiro atoms. The smallest absolute Gasteiger partial charge is 0.315 e. The van der Waals surface area contributed by atoms with E-state index in [4.69, 9.17) is 9.47 Å². The first-order chi connectivity index (χ1) is 12.1. The summed E-state index contributed by atoms with van der Waals surface area (Å²) in [6.45, 7) is 0.781. The third-order valence-electron chi connectivity index (χ3n) is 5.34. The summed E-state index contributed by atoms with van der Waals surface area (Å²) in [5.74, 6) is 1.55. The largest absolute Gasteiger partial charge is 0.454 e. The maximum atomic E-state index is 12.3. The van der Waals surface area contributed by atoms with Gasteiger partial charge in [-0.3, -0.25) is 4.79 Å². The second-order valence-electron chi connectivity index (χ2n) is 7.02. The van der Waals surface area contributed by atoms with Gasteiger partial charge in [-0.15, -0.1) is 0 Å². The number of ether oxygens (including phenoxy) is 2. The maximum Gasteiger partial charge on any atom is 0.315 e. The molecule has 7 nitrogen and oxygen atoms in total. The van der Waals surface area contributed by atoms with Gasteiger partial charge in [-0.25, -0.2) is 4.79 Å². The van der Waals surface area contributed by atoms with Crippen LogP contribution in [0.15, 0.2) is 18.2 Å². The summed E-state index contributed by atoms with van der Waals surface area (Å²) in [5, 5.41) is 8.98. The molecule has 3 amide bonds. The summed E-state index contributed by atoms with van der Waals surface area (Å²) in [4.78, 5) is 24.1. The minimum absolute atomic E-state index is 0.0348. The van der Waals surface area contributed by atoms with Gasteiger partial charge >= 0.3 is 6.03 Å². The molecule has 1 aromatic carbocycles. The molecule has 7 heteroatoms. The first kappa shape index (κ1) is 16.1. The van der Waals surface area contributed by atoms with Gasteiger partial charge in [-0.2, -0.15) is 0 Å². The first-order valence-corrected chi connectivity index (χ1v) is 8.89. The zero-order valence-electron chi connectivity index (χ0n) is 14.1. The Hall–Kier alpha value is -2.44. The summed E-state index contributed by atoms with van der Waals surface area (Å²) in [7, 11) is 0. The number of urea groups is 1. The van der Waals surface area contributed by atoms with Gasteiger partial charge in [-0.1, -0.05) is 18.9 Å². The topological polar surface area (TPSA) is 88.7 Å². The van der Waals surface area contributed by atoms with Gasteiger partial charge in [0.25, 0.3) is 0 Å². The minimum atomic E-state index is -0.418. The summed E-state index contributed by atoms with van der Waals surface area (Å²) in [6.07, 6.45) is 5.02. The van der Waals surface area contributed by atoms with Crippen molar-refractivity contribution in [2.45, 2.75) is 50.1 Å². The molecular weight excluding hydrogens is 322 g/mol. The van der Waals surface area contributed by atoms with E-state index in [-0.39, 0.29) is 24.8 Å². The van der Waals surface area contributed by atoms with Crippen LogP contribution in [0.2, 0.25) is 0 Å². The van der Waals surface area contributed by atoms with Crippen molar-refractivity contribution in [1.82, 2.24) is 16.0 Å². The fraction of sp³-hybridized carbons (Fsp3) is 0.556. The van der Waals surface area contributed by atoms with Crippen molar-refractivity contribution in [3.05, 3.63) is 23.8 Å². The molecule has 3 N–H and O–H groups in total. The Labute approximate surface area is 146 Å². The molecule has 2 heterocycles. The fourth-order valence-electron chi connectivity index (χ4n) is 4.07. The molecule has 25 heavy (non-hydrogen) atoms. The van der Waals surface area contributed by atoms with Crippen LogP contribution in [0.4, 0.5) is 4.79 Å². The monoisotopic (exact) mass is 345 g/mol. The van der Waals surface area contributed by atoms with Crippen molar-refractivity contribution in [2.24, 2.45) is 0 Å². The zero-order chi connectivity index (χ0) is 17.3. The molecule has 134 valence electrons. The molecular formula is C18H23N3O4. The second kappa shape index (κ2) is 6.46. The number of benzene rings is 1. The van der Waals surface area contributed by atoms with Crippen molar-refractivity contribution in [3.63, 3.8) is 0 Å². The standard InChI is InChI=1S/C18H23N3O4/c22-16-10-18(7-2-1-3-15(18)20-16)21-17(23)19-8-6-12-4-5-13-14(9-12)25-11-24-13/h4-5,9,15H,1-3,6-8,10-11H2,(H,20,22)(H2,19,21,23)/t15-,18+/m0/s1. The normalized spacial score (nSPS) is 26.7. The highest BCUT2D eigenvalue weighted by Crippen LogP contribution is 2.35. The van der Waals surface area contributed by atoms with Crippen molar-refractivity contribution in [1.29, 1.82) is 0 Å². The highest BCUT2D eigenvalue weighted by molar-refractivity contribution is 5.83. The van der Waals surface area contributed by atoms with Crippen LogP contribution in [0.5, 0.6) is 11.5 Å². The van der Waals surface area contributed by atoms with Gasteiger partial charge in [0.05, 0.1) is 18.0 Å². The number of fused-ring (bicyclic) bond motifs is 2. The third kappa shape index (κ3) is 3.23. The van der Waals surface area contributed by atoms with Crippen LogP contribution in [0.1, 0.15) is 37.7 Å². The van der Waals surface area contributed by atoms with Gasteiger partial charge in [-0.05, 0) is 37.0 Å². The van der Waals surface area contributed by atoms with Gasteiger partial charge in [0.1, 0.15) is 0 Å². The molecule has 1 saturated heterocycles. The van der Waals surface area contributed by atoms with Gasteiger partial charge in [0, 0.05) is 6.54 Å². The van der Waals surface area contributed by atoms with Crippen molar-refractivity contribution >= 4 is 11.9 Å². The Morgan fingerprint density at radius 3 is 3.08 bits per heavy atom. The molecule has 0 bridgehead atoms. The van der Waals surface area contributed by atoms with Crippen LogP contribution in [0, 0.1) is 0 Å². The van der Waals surface area contributed by atoms with E-state index in [1.165, 1.54) is 0 Å². The van der Waals surface area contributed by atoms with Crippen molar-refractivity contribution in [3.8, 4) is 11.5 Å². The average molecular weight is 345 g/mol. The van der Waals surface area contributed by atoms with Crippen molar-refractivity contribution in [2.75, 3.05) is 13.3 Å². The molecule has 4 rings (SSSR count). The van der Waals surface area contributed by atoms with E-state index in [2.05, 4.69) is 16.0 Å². The summed E-state index contributed by atoms with van der Waals surface area (Å²) in [5.41, 5.74) is 0.661. The highest BCUT2D eigenvalue weighted by Gasteiger charge is 2.48. The Balaban J connectivity index is 1.30. The molecule has 2 fully saturated rings. The van der Waals surface area contributed by atoms with Crippen molar-refractivity contribution < 1.29 is 19.1 Å². The van der Waals surface area contributed by atoms with Crippen LogP contribution < -0.4 is 25.4 Å². The number of hydrogen-bond donors (Lipinski definition) is 3. The lowest BCUT2D eigenvalue weighted by atomic mass is 9.78. The zero-order valence-corrected chi connectivity index (χ0v) is 14.1. The average Bonchev–Trinajstić information content (AvgIpc) is 3.17. The number of carbonyl (C=O) groups excluding carboxylic acids is 2. The number of amides is 3. The van der Waals surface area contributed by atoms with E-state index in [1.54, 1.807) is 0 Å². The molecule has 2 aliphatic heterocycles. The lowest BCUT2D eigenvalue weighted by molar-refractivity contribution is -0.119. The summed E-state index contributed by atoms with van der Waals surface area (Å²) >= 11 is 0. The molecule has 3 aliphatic rings. The van der Waals surface area contributed by atoms with E-state index in [9.17, 15) is 9.59 Å². The quantitative estimate of drug-likeness (QED) is 0.771. The number of rotatable bonds is 4. The van der Waals surface area contributed by atoms with E-state index in [0.717, 1.165) is 42.7 Å². The van der Waals surface area contributed by atoms with E-state index in [1.807, 2.05) is 18.2 Å². The Morgan fingerprint density at radius 2 is 2.16 bits per heavy atom. The lowest BCUT2D eigenvalue weighted by Gasteiger charge is -2.38. The van der Waals surface area contributed by atoms with Gasteiger partial charge in [0.15, 0.2) is 11.5 Å². The lowest BCUT2D eigenvalue weighted by Crippen LogP contribution is -2.59. The molecule has 0 unspecified atom stereocenters. The molecule has 1 aromatic rings. The molecule has 0 radical (unpaired) electrons. The molecule has 1 aliphatic carbocycles. The van der Waals surface area contributed by atoms with Crippen LogP contribution in [-0.4, -0.2) is 36.9 Å². The Kier molecular flexibility index (Phi) is 4.15. The third-order valence-corrected chi connectivity index (χ3v) is 5.34. The van der Waals surface area contributed by atoms with Crippen LogP contribution >= 0.6 is 0 Å². The summed E-state index contributed by atoms with van der Waals surface area (Å²) in [6, 6.07) is 5.66. The number of hydrogen-bond acceptors (Lipinski definition) is 4. The Bertz CT molecular complexity index is 693. The SMILES string of the molecule is O=C1C[C@]2(NC(=O)NCCc3ccc4c(c3)OCO4)CCCC[C@@H]2N1. The maximum absolute atomic E-state index is 12.3. The predicted octanol–water partition coefficient (Wildman–Crippen LogP) is 1.46. The number of nitrogens with one attached hydrogen (secondary N) is 3. The molecule has 1 saturated carbocycles. The van der Waals surface area contributed by atoms with E-state index < -0.39 is 5.54 Å². The highest BCUT2D eigenvalue weighted by atomic mass is 16.7. The van der Waals surface area contributed by atoms with E-state index in [0.29, 0.717) is 19.4 Å². The predicted molar refractivity (Wildman–Crippen MR) is 90.6 cm³/mol. The fourth-order valence-corrected chi connectivity index (χ4v) is 4.07. The minimum Gasteiger partial charge on any atom is -0.454 e. The van der Waals surface area contributed by atoms with Crippen LogP contribution in [0.3, 0.4) is 0 Å². The molecule has 2 atom stereocenters. The first-order valence-electron chi connectivity index (χ1n) is 8.89.